The maximum Gasteiger partial charge on any atom is 0.416 e. The number of nitrogens with zero attached hydrogens (tertiary/aromatic N) is 14. The summed E-state index contributed by atoms with van der Waals surface area (Å²) in [5.41, 5.74) is -0.932. The zero-order valence-corrected chi connectivity index (χ0v) is 64.1. The monoisotopic (exact) mass is 1520 g/mol. The number of rotatable bonds is 25. The Bertz CT molecular complexity index is 4000. The molecule has 0 radical (unpaired) electrons. The summed E-state index contributed by atoms with van der Waals surface area (Å²) in [6.07, 6.45) is 2.37. The highest BCUT2D eigenvalue weighted by Gasteiger charge is 2.61. The van der Waals surface area contributed by atoms with Crippen LogP contribution in [0.15, 0.2) is 12.4 Å². The summed E-state index contributed by atoms with van der Waals surface area (Å²) in [5.74, 6) is -3.04. The first-order valence-corrected chi connectivity index (χ1v) is 40.1. The third-order valence-corrected chi connectivity index (χ3v) is 22.5. The Labute approximate surface area is 606 Å². The second-order valence-electron chi connectivity index (χ2n) is 29.4. The lowest BCUT2D eigenvalue weighted by Crippen LogP contribution is -2.49. The van der Waals surface area contributed by atoms with E-state index < -0.39 is 134 Å². The van der Waals surface area contributed by atoms with E-state index in [0.717, 1.165) is 51.4 Å². The Kier molecular flexibility index (Phi) is 24.1. The molecule has 11 rings (SSSR count). The number of anilines is 2. The van der Waals surface area contributed by atoms with Gasteiger partial charge in [0.15, 0.2) is 52.8 Å². The lowest BCUT2D eigenvalue weighted by Gasteiger charge is -2.35. The summed E-state index contributed by atoms with van der Waals surface area (Å²) in [6.45, 7) is 31.9. The molecule has 2 amide bonds. The number of H-pyrrole nitrogens is 1. The van der Waals surface area contributed by atoms with Crippen LogP contribution in [-0.4, -0.2) is 239 Å². The van der Waals surface area contributed by atoms with Crippen LogP contribution in [0.3, 0.4) is 0 Å². The predicted molar refractivity (Wildman–Crippen MR) is 369 cm³/mol. The van der Waals surface area contributed by atoms with Crippen molar-refractivity contribution in [2.75, 3.05) is 82.8 Å². The number of fused-ring (bicyclic) bond motifs is 4. The zero-order chi connectivity index (χ0) is 75.0. The number of carbonyl (C=O) groups is 4. The highest BCUT2D eigenvalue weighted by Crippen LogP contribution is 2.56. The first kappa shape index (κ1) is 79.3. The third kappa shape index (κ3) is 17.4. The van der Waals surface area contributed by atoms with Crippen LogP contribution in [0.4, 0.5) is 21.2 Å². The minimum atomic E-state index is -3.46. The molecule has 35 nitrogen and oxygen atoms in total. The number of ether oxygens (including phenoxy) is 14. The van der Waals surface area contributed by atoms with E-state index in [1.165, 1.54) is 36.0 Å². The summed E-state index contributed by atoms with van der Waals surface area (Å²) in [6, 6.07) is -0.317. The van der Waals surface area contributed by atoms with Gasteiger partial charge < -0.3 is 75.4 Å². The van der Waals surface area contributed by atoms with Crippen LogP contribution in [0, 0.1) is 6.57 Å². The number of nitrogens with one attached hydrogen (secondary N) is 1. The fourth-order valence-corrected chi connectivity index (χ4v) is 16.2. The Morgan fingerprint density at radius 1 is 0.641 bits per heavy atom. The maximum atomic E-state index is 13.9. The second-order valence-corrected chi connectivity index (χ2v) is 36.9. The van der Waals surface area contributed by atoms with Gasteiger partial charge in [-0.25, -0.2) is 35.1 Å². The van der Waals surface area contributed by atoms with Crippen LogP contribution < -0.4 is 9.80 Å². The summed E-state index contributed by atoms with van der Waals surface area (Å²) >= 11 is 13.1. The van der Waals surface area contributed by atoms with Gasteiger partial charge in [-0.2, -0.15) is 35.3 Å². The van der Waals surface area contributed by atoms with Crippen LogP contribution in [0.1, 0.15) is 153 Å². The van der Waals surface area contributed by atoms with Gasteiger partial charge in [-0.1, -0.05) is 30.9 Å². The van der Waals surface area contributed by atoms with Crippen molar-refractivity contribution in [2.45, 2.75) is 236 Å². The first-order valence-electron chi connectivity index (χ1n) is 34.2. The molecule has 5 aromatic rings. The molecule has 0 aromatic carbocycles. The van der Waals surface area contributed by atoms with Gasteiger partial charge in [0.2, 0.25) is 21.3 Å². The highest BCUT2D eigenvalue weighted by atomic mass is 35.5. The van der Waals surface area contributed by atoms with E-state index in [1.807, 2.05) is 0 Å². The molecule has 5 aromatic heterocycles. The van der Waals surface area contributed by atoms with Gasteiger partial charge in [0.1, 0.15) is 75.3 Å². The average Bonchev–Trinajstić information content (AvgIpc) is 1.60. The van der Waals surface area contributed by atoms with Gasteiger partial charge in [0.25, 0.3) is 0 Å². The topological polar surface area (TPSA) is 384 Å². The van der Waals surface area contributed by atoms with Gasteiger partial charge in [0, 0.05) is 12.1 Å². The molecule has 568 valence electrons. The lowest BCUT2D eigenvalue weighted by molar-refractivity contribution is -0.209. The third-order valence-electron chi connectivity index (χ3n) is 17.8. The van der Waals surface area contributed by atoms with Gasteiger partial charge in [-0.05, 0) is 159 Å². The molecule has 10 atom stereocenters. The lowest BCUT2D eigenvalue weighted by atomic mass is 10.1. The predicted octanol–water partition coefficient (Wildman–Crippen LogP) is 9.58. The van der Waals surface area contributed by atoms with Crippen molar-refractivity contribution in [2.24, 2.45) is 0 Å². The molecule has 2 aliphatic carbocycles. The van der Waals surface area contributed by atoms with E-state index in [0.29, 0.717) is 10.8 Å². The first-order chi connectivity index (χ1) is 48.3. The standard InChI is InChI=1S/C32H47ClN9O10P.C32H46ClN6O10P/c1-9-47-27(43)32(53(7,8)45,17-46-16-21-37-39-40-38-21)48-15-20-22-23(51-31(5,6)50-22)26(49-20)42-25-19(14-34-42)24(35-28(33)36-25)41(18-12-10-11-13-18)29(44)52-30(2,3)4;1-10-44-27(40)32(50(8,9)42,17-43-18-34-7)45-16-21-22-23(48-31(5,6)47-22)26(46-21)39-25-20(15-35-39)24(36-28(33)37-25)38(19-13-11-12-14-19)29(41)49-30(2,3)4/h14,18,20,22-23,26H,9-13,15-17H2,1-8H3,(H,37,38,39,40);15,19,21-23,26H,10-14,16-18H2,1-6,8-9H3/t20-,22-,23-,26-,32?;21-,22-,23-,26-,32?/m11/s1. The summed E-state index contributed by atoms with van der Waals surface area (Å²) < 4.78 is 115. The van der Waals surface area contributed by atoms with E-state index >= 15 is 0 Å². The van der Waals surface area contributed by atoms with Crippen molar-refractivity contribution in [3.8, 4) is 0 Å². The summed E-state index contributed by atoms with van der Waals surface area (Å²) in [5, 5.41) is 19.5. The van der Waals surface area contributed by atoms with E-state index in [-0.39, 0.29) is 91.2 Å². The van der Waals surface area contributed by atoms with E-state index in [1.54, 1.807) is 105 Å². The van der Waals surface area contributed by atoms with Gasteiger partial charge in [-0.3, -0.25) is 14.6 Å². The fraction of sp³-hybridized carbons (Fsp3) is 0.750. The number of carbonyl (C=O) groups excluding carboxylic acids is 4. The average molecular weight is 1530 g/mol. The molecule has 39 heteroatoms. The molecule has 6 aliphatic rings. The number of aromatic amines is 1. The van der Waals surface area contributed by atoms with Crippen LogP contribution >= 0.6 is 37.5 Å². The van der Waals surface area contributed by atoms with E-state index in [2.05, 4.69) is 55.6 Å². The Hall–Kier alpha value is -6.22. The minimum absolute atomic E-state index is 0.00941. The van der Waals surface area contributed by atoms with Crippen molar-refractivity contribution in [3.63, 3.8) is 0 Å². The summed E-state index contributed by atoms with van der Waals surface area (Å²) in [4.78, 5) is 78.5. The number of hydrogen-bond acceptors (Lipinski definition) is 29. The molecule has 4 aliphatic heterocycles. The van der Waals surface area contributed by atoms with Crippen molar-refractivity contribution in [3.05, 3.63) is 40.2 Å². The number of aromatic nitrogens is 12. The second kappa shape index (κ2) is 31.3. The number of hydrogen-bond donors (Lipinski definition) is 1. The molecular weight excluding hydrogens is 1430 g/mol. The van der Waals surface area contributed by atoms with Crippen molar-refractivity contribution < 1.29 is 94.6 Å². The number of amides is 2. The van der Waals surface area contributed by atoms with Crippen LogP contribution in [0.25, 0.3) is 26.9 Å². The summed E-state index contributed by atoms with van der Waals surface area (Å²) in [7, 11) is -6.90. The van der Waals surface area contributed by atoms with Crippen LogP contribution in [-0.2, 0) is 91.6 Å². The van der Waals surface area contributed by atoms with Crippen LogP contribution in [0.2, 0.25) is 10.6 Å². The molecule has 4 saturated heterocycles. The fourth-order valence-electron chi connectivity index (χ4n) is 13.3. The number of halogens is 2. The normalized spacial score (nSPS) is 24.6. The molecule has 6 fully saturated rings. The number of tetrazole rings is 1. The molecule has 2 saturated carbocycles. The molecule has 2 unspecified atom stereocenters. The van der Waals surface area contributed by atoms with Crippen LogP contribution in [0.5, 0.6) is 0 Å². The molecule has 1 N–H and O–H groups in total. The number of esters is 2. The Balaban J connectivity index is 0.000000222. The van der Waals surface area contributed by atoms with Gasteiger partial charge >= 0.3 is 30.9 Å². The zero-order valence-electron chi connectivity index (χ0n) is 60.8. The molecule has 9 heterocycles. The Morgan fingerprint density at radius 2 is 1.04 bits per heavy atom. The maximum absolute atomic E-state index is 13.9. The largest absolute Gasteiger partial charge is 0.463 e. The van der Waals surface area contributed by atoms with Crippen molar-refractivity contribution >= 4 is 95.3 Å². The molecule has 0 spiro atoms. The molecule has 0 bridgehead atoms. The smallest absolute Gasteiger partial charge is 0.416 e. The highest BCUT2D eigenvalue weighted by molar-refractivity contribution is 7.65. The minimum Gasteiger partial charge on any atom is -0.463 e. The van der Waals surface area contributed by atoms with E-state index in [4.69, 9.17) is 96.1 Å². The molecule has 103 heavy (non-hydrogen) atoms. The Morgan fingerprint density at radius 3 is 1.40 bits per heavy atom. The molecular formula is C64H93Cl2N15O20P2. The van der Waals surface area contributed by atoms with Gasteiger partial charge in [0.05, 0.1) is 56.2 Å². The SMILES string of the molecule is CCOC(=O)C(COCc1nn[nH]n1)(OC[C@H]1O[C@@H](n2ncc3c(N(C(=O)OC(C)(C)C)C4CCCC4)nc(Cl)nc32)[C@@H]2OC(C)(C)O[C@@H]21)P(C)(C)=O.[C-]#[N+]COCC(OC[C@H]1O[C@@H](n2ncc3c(N(C(=O)OC(C)(C)C)C4CCCC4)nc(Cl)nc32)[C@@H]2OC(C)(C)O[C@@H]21)(C(=O)OCC)P(C)(C)=O. The van der Waals surface area contributed by atoms with Crippen molar-refractivity contribution in [1.29, 1.82) is 0 Å². The van der Waals surface area contributed by atoms with Gasteiger partial charge in [-0.15, -0.1) is 10.2 Å². The quantitative estimate of drug-likeness (QED) is 0.0142. The van der Waals surface area contributed by atoms with E-state index in [9.17, 15) is 28.3 Å². The van der Waals surface area contributed by atoms with Crippen molar-refractivity contribution in [1.82, 2.24) is 60.1 Å².